The van der Waals surface area contributed by atoms with E-state index in [9.17, 15) is 0 Å². The summed E-state index contributed by atoms with van der Waals surface area (Å²) >= 11 is 0. The summed E-state index contributed by atoms with van der Waals surface area (Å²) in [5, 5.41) is 11.1. The largest absolute Gasteiger partial charge is 0.496 e. The van der Waals surface area contributed by atoms with Gasteiger partial charge in [-0.05, 0) is 30.5 Å². The third kappa shape index (κ3) is 6.38. The molecule has 1 aromatic heterocycles. The second-order valence-corrected chi connectivity index (χ2v) is 6.72. The lowest BCUT2D eigenvalue weighted by Crippen LogP contribution is -2.38. The van der Waals surface area contributed by atoms with Gasteiger partial charge in [0.25, 0.3) is 0 Å². The van der Waals surface area contributed by atoms with Crippen molar-refractivity contribution in [2.24, 2.45) is 4.99 Å². The van der Waals surface area contributed by atoms with Gasteiger partial charge in [-0.2, -0.15) is 5.10 Å². The van der Waals surface area contributed by atoms with Crippen molar-refractivity contribution in [2.75, 3.05) is 20.2 Å². The molecule has 0 aliphatic rings. The predicted octanol–water partition coefficient (Wildman–Crippen LogP) is 3.24. The van der Waals surface area contributed by atoms with Gasteiger partial charge in [0.1, 0.15) is 5.75 Å². The average Bonchev–Trinajstić information content (AvgIpc) is 3.20. The fourth-order valence-electron chi connectivity index (χ4n) is 3.08. The second kappa shape index (κ2) is 10.9. The standard InChI is InChI=1S/C23H29N5O/c1-3-24-23(25-14-13-21-11-7-8-12-22(21)29-2)26-15-20-16-27-28(18-20)17-19-9-5-4-6-10-19/h4-12,16,18H,3,13-15,17H2,1-2H3,(H2,24,25,26). The van der Waals surface area contributed by atoms with Crippen molar-refractivity contribution in [3.05, 3.63) is 83.7 Å². The van der Waals surface area contributed by atoms with Gasteiger partial charge >= 0.3 is 0 Å². The number of nitrogens with zero attached hydrogens (tertiary/aromatic N) is 3. The number of nitrogens with one attached hydrogen (secondary N) is 2. The van der Waals surface area contributed by atoms with Gasteiger partial charge in [0.05, 0.1) is 26.4 Å². The first-order valence-corrected chi connectivity index (χ1v) is 9.98. The van der Waals surface area contributed by atoms with Crippen LogP contribution in [-0.4, -0.2) is 35.9 Å². The number of hydrogen-bond acceptors (Lipinski definition) is 3. The molecule has 0 fully saturated rings. The maximum Gasteiger partial charge on any atom is 0.191 e. The molecule has 0 amide bonds. The Balaban J connectivity index is 1.53. The third-order valence-corrected chi connectivity index (χ3v) is 4.52. The van der Waals surface area contributed by atoms with Gasteiger partial charge in [-0.25, -0.2) is 4.99 Å². The lowest BCUT2D eigenvalue weighted by molar-refractivity contribution is 0.409. The van der Waals surface area contributed by atoms with Gasteiger partial charge in [0, 0.05) is 24.8 Å². The Labute approximate surface area is 172 Å². The van der Waals surface area contributed by atoms with Gasteiger partial charge in [-0.15, -0.1) is 0 Å². The molecule has 6 heteroatoms. The van der Waals surface area contributed by atoms with Crippen molar-refractivity contribution in [1.29, 1.82) is 0 Å². The number of guanidine groups is 1. The summed E-state index contributed by atoms with van der Waals surface area (Å²) in [6, 6.07) is 18.4. The molecule has 29 heavy (non-hydrogen) atoms. The Morgan fingerprint density at radius 1 is 1.03 bits per heavy atom. The second-order valence-electron chi connectivity index (χ2n) is 6.72. The lowest BCUT2D eigenvalue weighted by Gasteiger charge is -2.12. The van der Waals surface area contributed by atoms with Crippen LogP contribution in [0.25, 0.3) is 0 Å². The molecule has 0 radical (unpaired) electrons. The summed E-state index contributed by atoms with van der Waals surface area (Å²) in [6.07, 6.45) is 4.79. The molecule has 0 saturated carbocycles. The van der Waals surface area contributed by atoms with E-state index in [2.05, 4.69) is 52.0 Å². The van der Waals surface area contributed by atoms with Crippen molar-refractivity contribution in [1.82, 2.24) is 20.4 Å². The number of ether oxygens (including phenoxy) is 1. The van der Waals surface area contributed by atoms with E-state index in [1.807, 2.05) is 47.3 Å². The first kappa shape index (κ1) is 20.5. The molecular weight excluding hydrogens is 362 g/mol. The molecule has 0 unspecified atom stereocenters. The number of para-hydroxylation sites is 1. The summed E-state index contributed by atoms with van der Waals surface area (Å²) < 4.78 is 7.36. The lowest BCUT2D eigenvalue weighted by atomic mass is 10.1. The third-order valence-electron chi connectivity index (χ3n) is 4.52. The highest BCUT2D eigenvalue weighted by atomic mass is 16.5. The molecule has 0 spiro atoms. The van der Waals surface area contributed by atoms with Crippen LogP contribution in [0.2, 0.25) is 0 Å². The van der Waals surface area contributed by atoms with Gasteiger partial charge in [0.2, 0.25) is 0 Å². The van der Waals surface area contributed by atoms with Crippen LogP contribution in [-0.2, 0) is 19.5 Å². The van der Waals surface area contributed by atoms with E-state index >= 15 is 0 Å². The fraction of sp³-hybridized carbons (Fsp3) is 0.304. The van der Waals surface area contributed by atoms with Crippen LogP contribution >= 0.6 is 0 Å². The van der Waals surface area contributed by atoms with E-state index < -0.39 is 0 Å². The predicted molar refractivity (Wildman–Crippen MR) is 117 cm³/mol. The highest BCUT2D eigenvalue weighted by Crippen LogP contribution is 2.17. The van der Waals surface area contributed by atoms with Crippen LogP contribution in [0.4, 0.5) is 0 Å². The van der Waals surface area contributed by atoms with E-state index in [0.717, 1.165) is 43.3 Å². The number of aliphatic imine (C=N–C) groups is 1. The highest BCUT2D eigenvalue weighted by molar-refractivity contribution is 5.79. The number of rotatable bonds is 9. The van der Waals surface area contributed by atoms with Crippen molar-refractivity contribution in [2.45, 2.75) is 26.4 Å². The Bertz CT molecular complexity index is 904. The van der Waals surface area contributed by atoms with Gasteiger partial charge < -0.3 is 15.4 Å². The molecule has 3 rings (SSSR count). The highest BCUT2D eigenvalue weighted by Gasteiger charge is 2.04. The van der Waals surface area contributed by atoms with E-state index in [1.165, 1.54) is 11.1 Å². The first-order chi connectivity index (χ1) is 14.3. The van der Waals surface area contributed by atoms with E-state index in [-0.39, 0.29) is 0 Å². The minimum atomic E-state index is 0.582. The fourth-order valence-corrected chi connectivity index (χ4v) is 3.08. The van der Waals surface area contributed by atoms with Crippen molar-refractivity contribution >= 4 is 5.96 Å². The molecule has 0 aliphatic carbocycles. The smallest absolute Gasteiger partial charge is 0.191 e. The maximum atomic E-state index is 5.42. The van der Waals surface area contributed by atoms with Crippen LogP contribution < -0.4 is 15.4 Å². The minimum absolute atomic E-state index is 0.582. The minimum Gasteiger partial charge on any atom is -0.496 e. The number of hydrogen-bond donors (Lipinski definition) is 2. The zero-order valence-corrected chi connectivity index (χ0v) is 17.1. The molecule has 0 aliphatic heterocycles. The summed E-state index contributed by atoms with van der Waals surface area (Å²) in [6.45, 7) is 5.00. The molecule has 3 aromatic rings. The zero-order valence-electron chi connectivity index (χ0n) is 17.1. The molecule has 0 bridgehead atoms. The van der Waals surface area contributed by atoms with E-state index in [1.54, 1.807) is 7.11 Å². The molecular formula is C23H29N5O. The molecule has 2 N–H and O–H groups in total. The van der Waals surface area contributed by atoms with Gasteiger partial charge in [-0.3, -0.25) is 4.68 Å². The van der Waals surface area contributed by atoms with Crippen molar-refractivity contribution in [3.8, 4) is 5.75 Å². The Morgan fingerprint density at radius 2 is 1.83 bits per heavy atom. The van der Waals surface area contributed by atoms with Crippen LogP contribution in [0.15, 0.2) is 72.0 Å². The normalized spacial score (nSPS) is 11.3. The van der Waals surface area contributed by atoms with Gasteiger partial charge in [-0.1, -0.05) is 48.5 Å². The van der Waals surface area contributed by atoms with Crippen LogP contribution in [0.5, 0.6) is 5.75 Å². The van der Waals surface area contributed by atoms with E-state index in [0.29, 0.717) is 6.54 Å². The van der Waals surface area contributed by atoms with Crippen LogP contribution in [0.3, 0.4) is 0 Å². The summed E-state index contributed by atoms with van der Waals surface area (Å²) in [5.41, 5.74) is 3.50. The molecule has 1 heterocycles. The molecule has 152 valence electrons. The summed E-state index contributed by atoms with van der Waals surface area (Å²) in [5.74, 6) is 1.72. The Morgan fingerprint density at radius 3 is 2.62 bits per heavy atom. The van der Waals surface area contributed by atoms with Crippen molar-refractivity contribution in [3.63, 3.8) is 0 Å². The molecule has 2 aromatic carbocycles. The monoisotopic (exact) mass is 391 g/mol. The summed E-state index contributed by atoms with van der Waals surface area (Å²) in [4.78, 5) is 4.69. The van der Waals surface area contributed by atoms with E-state index in [4.69, 9.17) is 4.74 Å². The zero-order chi connectivity index (χ0) is 20.3. The SMILES string of the molecule is CCNC(=NCc1cnn(Cc2ccccc2)c1)NCCc1ccccc1OC. The van der Waals surface area contributed by atoms with Crippen molar-refractivity contribution < 1.29 is 4.74 Å². The molecule has 6 nitrogen and oxygen atoms in total. The Hall–Kier alpha value is -3.28. The molecule has 0 saturated heterocycles. The number of benzene rings is 2. The Kier molecular flexibility index (Phi) is 7.69. The van der Waals surface area contributed by atoms with Crippen LogP contribution in [0.1, 0.15) is 23.6 Å². The average molecular weight is 392 g/mol. The summed E-state index contributed by atoms with van der Waals surface area (Å²) in [7, 11) is 1.70. The first-order valence-electron chi connectivity index (χ1n) is 9.98. The van der Waals surface area contributed by atoms with Crippen LogP contribution in [0, 0.1) is 0 Å². The number of aromatic nitrogens is 2. The molecule has 0 atom stereocenters. The maximum absolute atomic E-state index is 5.42. The topological polar surface area (TPSA) is 63.5 Å². The van der Waals surface area contributed by atoms with Gasteiger partial charge in [0.15, 0.2) is 5.96 Å². The number of methoxy groups -OCH3 is 1. The quantitative estimate of drug-likeness (QED) is 0.434.